The molecule has 1 atom stereocenters. The fourth-order valence-corrected chi connectivity index (χ4v) is 5.18. The van der Waals surface area contributed by atoms with Crippen LogP contribution >= 0.6 is 28.1 Å². The Hall–Kier alpha value is -1.03. The van der Waals surface area contributed by atoms with Crippen molar-refractivity contribution in [1.82, 2.24) is 14.7 Å². The Bertz CT molecular complexity index is 891. The molecule has 2 heterocycles. The van der Waals surface area contributed by atoms with Crippen LogP contribution in [0.4, 0.5) is 0 Å². The zero-order valence-corrected chi connectivity index (χ0v) is 16.4. The van der Waals surface area contributed by atoms with E-state index in [4.69, 9.17) is 16.6 Å². The lowest BCUT2D eigenvalue weighted by Crippen LogP contribution is -2.37. The van der Waals surface area contributed by atoms with Crippen LogP contribution in [0.25, 0.3) is 11.5 Å². The molecule has 1 saturated heterocycles. The number of halogens is 1. The van der Waals surface area contributed by atoms with Crippen molar-refractivity contribution in [2.75, 3.05) is 18.1 Å². The summed E-state index contributed by atoms with van der Waals surface area (Å²) in [5, 5.41) is 4.45. The maximum Gasteiger partial charge on any atom is 0.288 e. The summed E-state index contributed by atoms with van der Waals surface area (Å²) in [6.07, 6.45) is 0.653. The molecule has 9 heteroatoms. The molecule has 0 saturated carbocycles. The van der Waals surface area contributed by atoms with Crippen LogP contribution in [0, 0.1) is 4.84 Å². The molecule has 0 amide bonds. The van der Waals surface area contributed by atoms with Crippen LogP contribution in [0.1, 0.15) is 13.3 Å². The van der Waals surface area contributed by atoms with Gasteiger partial charge in [-0.05, 0) is 43.4 Å². The number of benzene rings is 1. The second kappa shape index (κ2) is 7.07. The first-order valence-corrected chi connectivity index (χ1v) is 10.7. The van der Waals surface area contributed by atoms with Gasteiger partial charge in [0.2, 0.25) is 5.89 Å². The lowest BCUT2D eigenvalue weighted by Gasteiger charge is -2.25. The predicted octanol–water partition coefficient (Wildman–Crippen LogP) is 3.10. The Kier molecular flexibility index (Phi) is 5.24. The molecule has 2 aromatic rings. The molecule has 130 valence electrons. The second-order valence-corrected chi connectivity index (χ2v) is 9.28. The number of hydrogen-bond donors (Lipinski definition) is 0. The van der Waals surface area contributed by atoms with Gasteiger partial charge in [-0.3, -0.25) is 4.90 Å². The van der Waals surface area contributed by atoms with Crippen LogP contribution < -0.4 is 0 Å². The van der Waals surface area contributed by atoms with Crippen molar-refractivity contribution >= 4 is 38.0 Å². The SMILES string of the molecule is CCN(Cn1nc(-c2cccc(Br)c2)oc1=S)[C@@H]1CCS(=O)(=O)C1. The molecule has 1 aliphatic rings. The zero-order chi connectivity index (χ0) is 17.3. The van der Waals surface area contributed by atoms with Crippen LogP contribution in [0.2, 0.25) is 0 Å². The lowest BCUT2D eigenvalue weighted by atomic mass is 10.2. The van der Waals surface area contributed by atoms with Crippen LogP contribution in [0.5, 0.6) is 0 Å². The van der Waals surface area contributed by atoms with E-state index in [2.05, 4.69) is 25.9 Å². The molecule has 0 radical (unpaired) electrons. The van der Waals surface area contributed by atoms with E-state index in [1.165, 1.54) is 0 Å². The first-order valence-electron chi connectivity index (χ1n) is 7.66. The summed E-state index contributed by atoms with van der Waals surface area (Å²) in [6.45, 7) is 3.15. The molecule has 0 N–H and O–H groups in total. The van der Waals surface area contributed by atoms with Gasteiger partial charge in [-0.1, -0.05) is 28.9 Å². The predicted molar refractivity (Wildman–Crippen MR) is 97.9 cm³/mol. The highest BCUT2D eigenvalue weighted by Crippen LogP contribution is 2.23. The first kappa shape index (κ1) is 17.8. The smallest absolute Gasteiger partial charge is 0.288 e. The van der Waals surface area contributed by atoms with Gasteiger partial charge in [0.1, 0.15) is 0 Å². The third kappa shape index (κ3) is 3.96. The molecule has 6 nitrogen and oxygen atoms in total. The van der Waals surface area contributed by atoms with Crippen LogP contribution in [0.3, 0.4) is 0 Å². The molecule has 0 bridgehead atoms. The van der Waals surface area contributed by atoms with Gasteiger partial charge in [0, 0.05) is 16.1 Å². The van der Waals surface area contributed by atoms with Crippen LogP contribution in [-0.4, -0.2) is 47.2 Å². The molecule has 0 unspecified atom stereocenters. The monoisotopic (exact) mass is 431 g/mol. The fraction of sp³-hybridized carbons (Fsp3) is 0.467. The van der Waals surface area contributed by atoms with Gasteiger partial charge in [-0.15, -0.1) is 5.10 Å². The summed E-state index contributed by atoms with van der Waals surface area (Å²) >= 11 is 8.69. The third-order valence-electron chi connectivity index (χ3n) is 4.12. The Labute approximate surface area is 154 Å². The summed E-state index contributed by atoms with van der Waals surface area (Å²) < 4.78 is 31.6. The molecular formula is C15H18BrN3O3S2. The average molecular weight is 432 g/mol. The van der Waals surface area contributed by atoms with Gasteiger partial charge in [0.05, 0.1) is 18.2 Å². The molecule has 1 aromatic carbocycles. The van der Waals surface area contributed by atoms with E-state index in [1.807, 2.05) is 31.2 Å². The summed E-state index contributed by atoms with van der Waals surface area (Å²) in [6, 6.07) is 7.64. The molecule has 0 aliphatic carbocycles. The Balaban J connectivity index is 1.81. The van der Waals surface area contributed by atoms with E-state index in [-0.39, 0.29) is 22.4 Å². The van der Waals surface area contributed by atoms with Crippen molar-refractivity contribution in [3.63, 3.8) is 0 Å². The maximum atomic E-state index is 11.7. The van der Waals surface area contributed by atoms with Crippen molar-refractivity contribution in [3.05, 3.63) is 33.6 Å². The Morgan fingerprint density at radius 3 is 2.92 bits per heavy atom. The van der Waals surface area contributed by atoms with Gasteiger partial charge >= 0.3 is 0 Å². The van der Waals surface area contributed by atoms with E-state index in [1.54, 1.807) is 4.68 Å². The number of rotatable bonds is 5. The van der Waals surface area contributed by atoms with E-state index < -0.39 is 9.84 Å². The average Bonchev–Trinajstić information content (AvgIpc) is 3.07. The standard InChI is InChI=1S/C15H18BrN3O3S2/c1-2-18(13-6-7-24(20,21)9-13)10-19-15(23)22-14(17-19)11-4-3-5-12(16)8-11/h3-5,8,13H,2,6-7,9-10H2,1H3/t13-/m1/s1. The molecule has 1 fully saturated rings. The number of nitrogens with zero attached hydrogens (tertiary/aromatic N) is 3. The molecular weight excluding hydrogens is 414 g/mol. The number of hydrogen-bond acceptors (Lipinski definition) is 6. The van der Waals surface area contributed by atoms with Crippen LogP contribution in [0.15, 0.2) is 33.2 Å². The van der Waals surface area contributed by atoms with Crippen molar-refractivity contribution in [3.8, 4) is 11.5 Å². The van der Waals surface area contributed by atoms with Crippen molar-refractivity contribution in [2.24, 2.45) is 0 Å². The first-order chi connectivity index (χ1) is 11.4. The quantitative estimate of drug-likeness (QED) is 0.677. The summed E-state index contributed by atoms with van der Waals surface area (Å²) in [7, 11) is -2.92. The largest absolute Gasteiger partial charge is 0.409 e. The van der Waals surface area contributed by atoms with E-state index >= 15 is 0 Å². The number of aromatic nitrogens is 2. The second-order valence-electron chi connectivity index (χ2n) is 5.79. The van der Waals surface area contributed by atoms with E-state index in [0.717, 1.165) is 16.6 Å². The van der Waals surface area contributed by atoms with Crippen molar-refractivity contribution in [2.45, 2.75) is 26.1 Å². The van der Waals surface area contributed by atoms with Gasteiger partial charge in [0.15, 0.2) is 9.84 Å². The van der Waals surface area contributed by atoms with Crippen molar-refractivity contribution in [1.29, 1.82) is 0 Å². The molecule has 3 rings (SSSR count). The highest BCUT2D eigenvalue weighted by molar-refractivity contribution is 9.10. The van der Waals surface area contributed by atoms with E-state index in [0.29, 0.717) is 19.0 Å². The lowest BCUT2D eigenvalue weighted by molar-refractivity contribution is 0.162. The highest BCUT2D eigenvalue weighted by atomic mass is 79.9. The third-order valence-corrected chi connectivity index (χ3v) is 6.66. The van der Waals surface area contributed by atoms with Crippen LogP contribution in [-0.2, 0) is 16.5 Å². The maximum absolute atomic E-state index is 11.7. The Morgan fingerprint density at radius 2 is 2.29 bits per heavy atom. The van der Waals surface area contributed by atoms with Gasteiger partial charge in [-0.25, -0.2) is 13.1 Å². The van der Waals surface area contributed by atoms with Gasteiger partial charge < -0.3 is 4.42 Å². The molecule has 0 spiro atoms. The van der Waals surface area contributed by atoms with Crippen molar-refractivity contribution < 1.29 is 12.8 Å². The summed E-state index contributed by atoms with van der Waals surface area (Å²) in [5.74, 6) is 0.906. The minimum Gasteiger partial charge on any atom is -0.409 e. The summed E-state index contributed by atoms with van der Waals surface area (Å²) in [4.78, 5) is 2.36. The normalized spacial score (nSPS) is 19.9. The molecule has 1 aliphatic heterocycles. The molecule has 1 aromatic heterocycles. The van der Waals surface area contributed by atoms with Gasteiger partial charge in [-0.2, -0.15) is 0 Å². The highest BCUT2D eigenvalue weighted by Gasteiger charge is 2.32. The zero-order valence-electron chi connectivity index (χ0n) is 13.2. The minimum absolute atomic E-state index is 0.00733. The minimum atomic E-state index is -2.92. The molecule has 24 heavy (non-hydrogen) atoms. The fourth-order valence-electron chi connectivity index (χ4n) is 2.84. The number of sulfone groups is 1. The summed E-state index contributed by atoms with van der Waals surface area (Å²) in [5.41, 5.74) is 0.834. The topological polar surface area (TPSA) is 68.3 Å². The Morgan fingerprint density at radius 1 is 1.50 bits per heavy atom. The van der Waals surface area contributed by atoms with Gasteiger partial charge in [0.25, 0.3) is 4.84 Å². The van der Waals surface area contributed by atoms with E-state index in [9.17, 15) is 8.42 Å².